The summed E-state index contributed by atoms with van der Waals surface area (Å²) in [6, 6.07) is 17.8. The maximum absolute atomic E-state index is 12.8. The van der Waals surface area contributed by atoms with Gasteiger partial charge in [-0.3, -0.25) is 9.59 Å². The van der Waals surface area contributed by atoms with E-state index in [2.05, 4.69) is 17.4 Å². The number of carbonyl (C=O) groups excluding carboxylic acids is 2. The molecule has 4 aromatic rings. The van der Waals surface area contributed by atoms with Gasteiger partial charge in [-0.25, -0.2) is 0 Å². The van der Waals surface area contributed by atoms with Crippen molar-refractivity contribution in [3.8, 4) is 0 Å². The summed E-state index contributed by atoms with van der Waals surface area (Å²) in [7, 11) is 1.66. The summed E-state index contributed by atoms with van der Waals surface area (Å²) in [6.07, 6.45) is 1.97. The van der Waals surface area contributed by atoms with Gasteiger partial charge in [-0.05, 0) is 30.5 Å². The van der Waals surface area contributed by atoms with Crippen molar-refractivity contribution in [2.45, 2.75) is 4.90 Å². The molecule has 2 aromatic carbocycles. The van der Waals surface area contributed by atoms with Crippen LogP contribution in [0.4, 0.5) is 5.69 Å². The van der Waals surface area contributed by atoms with Crippen LogP contribution in [0, 0.1) is 0 Å². The third kappa shape index (κ3) is 3.65. The molecule has 4 rings (SSSR count). The molecule has 0 atom stereocenters. The molecule has 2 amide bonds. The first-order valence-electron chi connectivity index (χ1n) is 8.66. The van der Waals surface area contributed by atoms with Crippen molar-refractivity contribution in [3.63, 3.8) is 0 Å². The highest BCUT2D eigenvalue weighted by atomic mass is 32.2. The highest BCUT2D eigenvalue weighted by Crippen LogP contribution is 2.39. The normalized spacial score (nSPS) is 11.1. The maximum atomic E-state index is 12.8. The standard InChI is InChI=1S/C21H18N2O2S3/c1-23(12-19(24)22-14-8-4-6-10-16(14)26-2)21(25)18-11-17-20(28-18)13-7-3-5-9-15(13)27-17/h3-11H,12H2,1-2H3,(H,22,24). The number of para-hydroxylation sites is 1. The van der Waals surface area contributed by atoms with Gasteiger partial charge in [0.2, 0.25) is 5.91 Å². The fraction of sp³-hybridized carbons (Fsp3) is 0.143. The summed E-state index contributed by atoms with van der Waals surface area (Å²) >= 11 is 4.75. The SMILES string of the molecule is CSc1ccccc1NC(=O)CN(C)C(=O)c1cc2sc3ccccc3c2s1. The topological polar surface area (TPSA) is 49.4 Å². The van der Waals surface area contributed by atoms with Gasteiger partial charge in [0.25, 0.3) is 5.91 Å². The summed E-state index contributed by atoms with van der Waals surface area (Å²) in [6.45, 7) is 0.00778. The van der Waals surface area contributed by atoms with E-state index in [1.165, 1.54) is 26.3 Å². The lowest BCUT2D eigenvalue weighted by Gasteiger charge is -2.16. The molecular weight excluding hydrogens is 408 g/mol. The van der Waals surface area contributed by atoms with E-state index in [9.17, 15) is 9.59 Å². The molecule has 0 spiro atoms. The lowest BCUT2D eigenvalue weighted by Crippen LogP contribution is -2.34. The summed E-state index contributed by atoms with van der Waals surface area (Å²) in [4.78, 5) is 28.4. The van der Waals surface area contributed by atoms with Gasteiger partial charge in [-0.1, -0.05) is 30.3 Å². The Morgan fingerprint density at radius 2 is 1.79 bits per heavy atom. The molecule has 1 N–H and O–H groups in total. The number of thioether (sulfide) groups is 1. The van der Waals surface area contributed by atoms with Crippen LogP contribution in [0.25, 0.3) is 19.5 Å². The average molecular weight is 427 g/mol. The molecule has 0 aliphatic rings. The van der Waals surface area contributed by atoms with E-state index in [0.29, 0.717) is 4.88 Å². The Morgan fingerprint density at radius 3 is 2.61 bits per heavy atom. The highest BCUT2D eigenvalue weighted by Gasteiger charge is 2.19. The molecule has 0 saturated carbocycles. The number of likely N-dealkylation sites (N-methyl/N-ethyl adjacent to an activating group) is 1. The van der Waals surface area contributed by atoms with Crippen molar-refractivity contribution in [1.29, 1.82) is 0 Å². The van der Waals surface area contributed by atoms with E-state index in [1.54, 1.807) is 30.1 Å². The van der Waals surface area contributed by atoms with Crippen molar-refractivity contribution in [2.24, 2.45) is 0 Å². The summed E-state index contributed by atoms with van der Waals surface area (Å²) in [5, 5.41) is 4.08. The molecule has 4 nitrogen and oxygen atoms in total. The van der Waals surface area contributed by atoms with Gasteiger partial charge < -0.3 is 10.2 Å². The fourth-order valence-corrected chi connectivity index (χ4v) is 6.09. The number of amides is 2. The number of anilines is 1. The van der Waals surface area contributed by atoms with Crippen molar-refractivity contribution in [2.75, 3.05) is 25.2 Å². The first-order valence-corrected chi connectivity index (χ1v) is 11.5. The van der Waals surface area contributed by atoms with Gasteiger partial charge in [-0.15, -0.1) is 34.4 Å². The molecular formula is C21H18N2O2S3. The number of rotatable bonds is 5. The van der Waals surface area contributed by atoms with Crippen LogP contribution in [0.1, 0.15) is 9.67 Å². The lowest BCUT2D eigenvalue weighted by molar-refractivity contribution is -0.116. The molecule has 2 aromatic heterocycles. The van der Waals surface area contributed by atoms with E-state index >= 15 is 0 Å². The number of nitrogens with one attached hydrogen (secondary N) is 1. The number of fused-ring (bicyclic) bond motifs is 3. The van der Waals surface area contributed by atoms with E-state index in [0.717, 1.165) is 20.0 Å². The number of hydrogen-bond donors (Lipinski definition) is 1. The van der Waals surface area contributed by atoms with Crippen LogP contribution in [-0.4, -0.2) is 36.6 Å². The van der Waals surface area contributed by atoms with Gasteiger partial charge in [-0.2, -0.15) is 0 Å². The minimum atomic E-state index is -0.207. The van der Waals surface area contributed by atoms with Crippen LogP contribution >= 0.6 is 34.4 Å². The fourth-order valence-electron chi connectivity index (χ4n) is 3.02. The predicted molar refractivity (Wildman–Crippen MR) is 121 cm³/mol. The van der Waals surface area contributed by atoms with Crippen LogP contribution < -0.4 is 5.32 Å². The molecule has 2 heterocycles. The number of benzene rings is 2. The molecule has 142 valence electrons. The Kier molecular flexibility index (Phi) is 5.39. The number of nitrogens with zero attached hydrogens (tertiary/aromatic N) is 1. The molecule has 28 heavy (non-hydrogen) atoms. The van der Waals surface area contributed by atoms with Crippen molar-refractivity contribution < 1.29 is 9.59 Å². The van der Waals surface area contributed by atoms with Crippen LogP contribution in [0.5, 0.6) is 0 Å². The predicted octanol–water partition coefficient (Wildman–Crippen LogP) is 5.55. The Bertz CT molecular complexity index is 1180. The van der Waals surface area contributed by atoms with E-state index in [4.69, 9.17) is 0 Å². The minimum absolute atomic E-state index is 0.00778. The third-order valence-electron chi connectivity index (χ3n) is 4.37. The Hall–Kier alpha value is -2.35. The van der Waals surface area contributed by atoms with E-state index in [1.807, 2.05) is 48.7 Å². The largest absolute Gasteiger partial charge is 0.332 e. The van der Waals surface area contributed by atoms with Gasteiger partial charge in [0.1, 0.15) is 0 Å². The quantitative estimate of drug-likeness (QED) is 0.426. The van der Waals surface area contributed by atoms with Crippen LogP contribution in [-0.2, 0) is 4.79 Å². The summed E-state index contributed by atoms with van der Waals surface area (Å²) < 4.78 is 3.47. The molecule has 0 fully saturated rings. The average Bonchev–Trinajstić information content (AvgIpc) is 3.25. The first kappa shape index (κ1) is 19.0. The lowest BCUT2D eigenvalue weighted by atomic mass is 10.2. The second kappa shape index (κ2) is 7.95. The third-order valence-corrected chi connectivity index (χ3v) is 7.57. The zero-order chi connectivity index (χ0) is 19.7. The molecule has 0 aliphatic carbocycles. The number of carbonyl (C=O) groups is 2. The second-order valence-electron chi connectivity index (χ2n) is 6.31. The Labute approximate surface area is 175 Å². The smallest absolute Gasteiger partial charge is 0.264 e. The maximum Gasteiger partial charge on any atom is 0.264 e. The van der Waals surface area contributed by atoms with E-state index in [-0.39, 0.29) is 18.4 Å². The van der Waals surface area contributed by atoms with Gasteiger partial charge in [0.05, 0.1) is 21.8 Å². The van der Waals surface area contributed by atoms with Crippen molar-refractivity contribution in [1.82, 2.24) is 4.90 Å². The molecule has 0 radical (unpaired) electrons. The molecule has 7 heteroatoms. The monoisotopic (exact) mass is 426 g/mol. The molecule has 0 bridgehead atoms. The van der Waals surface area contributed by atoms with Crippen molar-refractivity contribution >= 4 is 71.4 Å². The van der Waals surface area contributed by atoms with E-state index < -0.39 is 0 Å². The van der Waals surface area contributed by atoms with Crippen LogP contribution in [0.3, 0.4) is 0 Å². The Morgan fingerprint density at radius 1 is 1.04 bits per heavy atom. The number of hydrogen-bond acceptors (Lipinski definition) is 5. The van der Waals surface area contributed by atoms with Gasteiger partial charge in [0, 0.05) is 26.7 Å². The number of thiophene rings is 2. The second-order valence-corrected chi connectivity index (χ2v) is 9.30. The summed E-state index contributed by atoms with van der Waals surface area (Å²) in [5.74, 6) is -0.341. The van der Waals surface area contributed by atoms with Crippen LogP contribution in [0.15, 0.2) is 59.5 Å². The molecule has 0 aliphatic heterocycles. The molecule has 0 saturated heterocycles. The zero-order valence-electron chi connectivity index (χ0n) is 15.4. The van der Waals surface area contributed by atoms with Gasteiger partial charge in [0.15, 0.2) is 0 Å². The van der Waals surface area contributed by atoms with Crippen LogP contribution in [0.2, 0.25) is 0 Å². The minimum Gasteiger partial charge on any atom is -0.332 e. The zero-order valence-corrected chi connectivity index (χ0v) is 17.8. The van der Waals surface area contributed by atoms with Gasteiger partial charge >= 0.3 is 0 Å². The highest BCUT2D eigenvalue weighted by molar-refractivity contribution is 7.98. The Balaban J connectivity index is 1.48. The first-order chi connectivity index (χ1) is 13.6. The van der Waals surface area contributed by atoms with Crippen molar-refractivity contribution in [3.05, 3.63) is 59.5 Å². The summed E-state index contributed by atoms with van der Waals surface area (Å²) in [5.41, 5.74) is 0.768. The molecule has 0 unspecified atom stereocenters.